The van der Waals surface area contributed by atoms with Crippen LogP contribution in [-0.2, 0) is 24.3 Å². The molecule has 0 aromatic heterocycles. The number of carbonyl (C=O) groups excluding carboxylic acids is 3. The predicted octanol–water partition coefficient (Wildman–Crippen LogP) is 0.748. The Morgan fingerprint density at radius 2 is 1.70 bits per heavy atom. The molecule has 0 spiro atoms. The Hall–Kier alpha value is -2.46. The van der Waals surface area contributed by atoms with Crippen molar-refractivity contribution in [2.75, 3.05) is 6.54 Å². The lowest BCUT2D eigenvalue weighted by Gasteiger charge is -2.14. The highest BCUT2D eigenvalue weighted by molar-refractivity contribution is 7.89. The van der Waals surface area contributed by atoms with Crippen LogP contribution >= 0.6 is 0 Å². The van der Waals surface area contributed by atoms with Gasteiger partial charge in [-0.3, -0.25) is 14.9 Å². The van der Waals surface area contributed by atoms with Gasteiger partial charge in [0.25, 0.3) is 5.91 Å². The van der Waals surface area contributed by atoms with Crippen molar-refractivity contribution in [2.45, 2.75) is 51.7 Å². The van der Waals surface area contributed by atoms with Gasteiger partial charge in [-0.1, -0.05) is 6.07 Å². The average Bonchev–Trinajstić information content (AvgIpc) is 2.54. The number of hydrogen-bond acceptors (Lipinski definition) is 6. The summed E-state index contributed by atoms with van der Waals surface area (Å²) in [5.74, 6) is -1.77. The van der Waals surface area contributed by atoms with Gasteiger partial charge in [0, 0.05) is 6.04 Å². The third-order valence-electron chi connectivity index (χ3n) is 3.53. The van der Waals surface area contributed by atoms with Gasteiger partial charge in [-0.15, -0.1) is 0 Å². The molecule has 1 unspecified atom stereocenters. The number of imide groups is 1. The molecular weight excluding hydrogens is 374 g/mol. The maximum Gasteiger partial charge on any atom is 0.321 e. The second kappa shape index (κ2) is 9.47. The van der Waals surface area contributed by atoms with Crippen molar-refractivity contribution in [1.29, 1.82) is 0 Å². The van der Waals surface area contributed by atoms with Gasteiger partial charge in [0.1, 0.15) is 6.54 Å². The van der Waals surface area contributed by atoms with E-state index in [1.165, 1.54) is 19.1 Å². The molecule has 1 aromatic rings. The summed E-state index contributed by atoms with van der Waals surface area (Å²) >= 11 is 0. The SMILES string of the molecule is Cc1ccc(S(=O)(=O)NCC(=O)OC(C)C(=O)NC(=O)NC(C)C)cc1C. The van der Waals surface area contributed by atoms with Crippen molar-refractivity contribution in [3.8, 4) is 0 Å². The van der Waals surface area contributed by atoms with E-state index in [0.717, 1.165) is 11.1 Å². The van der Waals surface area contributed by atoms with Crippen molar-refractivity contribution in [3.63, 3.8) is 0 Å². The maximum absolute atomic E-state index is 12.2. The summed E-state index contributed by atoms with van der Waals surface area (Å²) in [6, 6.07) is 3.70. The smallest absolute Gasteiger partial charge is 0.321 e. The molecule has 0 fully saturated rings. The molecule has 0 aliphatic rings. The number of benzene rings is 1. The molecule has 0 aliphatic carbocycles. The third kappa shape index (κ3) is 7.35. The predicted molar refractivity (Wildman–Crippen MR) is 98.5 cm³/mol. The van der Waals surface area contributed by atoms with Gasteiger partial charge < -0.3 is 10.1 Å². The van der Waals surface area contributed by atoms with Crippen LogP contribution in [0.3, 0.4) is 0 Å². The number of rotatable bonds is 7. The Bertz CT molecular complexity index is 820. The molecule has 3 amide bonds. The first-order valence-corrected chi connectivity index (χ1v) is 9.78. The van der Waals surface area contributed by atoms with Crippen LogP contribution in [0.5, 0.6) is 0 Å². The van der Waals surface area contributed by atoms with Crippen LogP contribution in [0.25, 0.3) is 0 Å². The van der Waals surface area contributed by atoms with Gasteiger partial charge in [0.2, 0.25) is 10.0 Å². The summed E-state index contributed by atoms with van der Waals surface area (Å²) in [7, 11) is -3.90. The van der Waals surface area contributed by atoms with Crippen molar-refractivity contribution in [1.82, 2.24) is 15.4 Å². The second-order valence-electron chi connectivity index (χ2n) is 6.32. The quantitative estimate of drug-likeness (QED) is 0.580. The lowest BCUT2D eigenvalue weighted by molar-refractivity contribution is -0.153. The van der Waals surface area contributed by atoms with E-state index in [4.69, 9.17) is 4.74 Å². The Morgan fingerprint density at radius 3 is 2.26 bits per heavy atom. The number of sulfonamides is 1. The van der Waals surface area contributed by atoms with E-state index in [1.54, 1.807) is 26.8 Å². The summed E-state index contributed by atoms with van der Waals surface area (Å²) in [5, 5.41) is 4.47. The van der Waals surface area contributed by atoms with E-state index in [-0.39, 0.29) is 10.9 Å². The summed E-state index contributed by atoms with van der Waals surface area (Å²) < 4.78 is 31.4. The fourth-order valence-corrected chi connectivity index (χ4v) is 2.98. The highest BCUT2D eigenvalue weighted by Gasteiger charge is 2.22. The molecule has 1 rings (SSSR count). The molecule has 1 atom stereocenters. The monoisotopic (exact) mass is 399 g/mol. The van der Waals surface area contributed by atoms with Gasteiger partial charge in [-0.25, -0.2) is 13.2 Å². The molecule has 0 saturated heterocycles. The fourth-order valence-electron chi connectivity index (χ4n) is 1.92. The first-order chi connectivity index (χ1) is 12.4. The zero-order chi connectivity index (χ0) is 20.8. The van der Waals surface area contributed by atoms with Gasteiger partial charge in [0.05, 0.1) is 4.90 Å². The summed E-state index contributed by atoms with van der Waals surface area (Å²) in [4.78, 5) is 35.0. The standard InChI is InChI=1S/C17H25N3O6S/c1-10(2)19-17(23)20-16(22)13(5)26-15(21)9-18-27(24,25)14-7-6-11(3)12(4)8-14/h6-8,10,13,18H,9H2,1-5H3,(H2,19,20,22,23). The summed E-state index contributed by atoms with van der Waals surface area (Å²) in [6.45, 7) is 7.69. The minimum atomic E-state index is -3.90. The van der Waals surface area contributed by atoms with Crippen LogP contribution in [0.4, 0.5) is 4.79 Å². The summed E-state index contributed by atoms with van der Waals surface area (Å²) in [6.07, 6.45) is -1.26. The second-order valence-corrected chi connectivity index (χ2v) is 8.09. The largest absolute Gasteiger partial charge is 0.452 e. The van der Waals surface area contributed by atoms with Gasteiger partial charge in [-0.05, 0) is 57.9 Å². The number of ether oxygens (including phenoxy) is 1. The molecule has 1 aromatic carbocycles. The van der Waals surface area contributed by atoms with Gasteiger partial charge in [0.15, 0.2) is 6.10 Å². The number of amides is 3. The van der Waals surface area contributed by atoms with Crippen molar-refractivity contribution in [2.24, 2.45) is 0 Å². The van der Waals surface area contributed by atoms with Crippen LogP contribution in [0.15, 0.2) is 23.1 Å². The minimum Gasteiger partial charge on any atom is -0.452 e. The molecule has 150 valence electrons. The molecule has 0 bridgehead atoms. The van der Waals surface area contributed by atoms with Crippen molar-refractivity contribution in [3.05, 3.63) is 29.3 Å². The van der Waals surface area contributed by atoms with E-state index < -0.39 is 40.6 Å². The van der Waals surface area contributed by atoms with Crippen molar-refractivity contribution < 1.29 is 27.5 Å². The van der Waals surface area contributed by atoms with E-state index in [0.29, 0.717) is 0 Å². The first-order valence-electron chi connectivity index (χ1n) is 8.30. The van der Waals surface area contributed by atoms with Crippen LogP contribution in [0.2, 0.25) is 0 Å². The molecule has 0 heterocycles. The van der Waals surface area contributed by atoms with Crippen LogP contribution in [0, 0.1) is 13.8 Å². The Morgan fingerprint density at radius 1 is 1.07 bits per heavy atom. The van der Waals surface area contributed by atoms with E-state index in [9.17, 15) is 22.8 Å². The Labute approximate surface area is 158 Å². The number of aryl methyl sites for hydroxylation is 2. The molecule has 9 nitrogen and oxygen atoms in total. The van der Waals surface area contributed by atoms with E-state index >= 15 is 0 Å². The number of hydrogen-bond donors (Lipinski definition) is 3. The zero-order valence-electron chi connectivity index (χ0n) is 16.0. The number of nitrogens with one attached hydrogen (secondary N) is 3. The molecule has 27 heavy (non-hydrogen) atoms. The number of carbonyl (C=O) groups is 3. The third-order valence-corrected chi connectivity index (χ3v) is 4.93. The van der Waals surface area contributed by atoms with Gasteiger partial charge >= 0.3 is 12.0 Å². The van der Waals surface area contributed by atoms with Gasteiger partial charge in [-0.2, -0.15) is 4.72 Å². The molecule has 10 heteroatoms. The lowest BCUT2D eigenvalue weighted by Crippen LogP contribution is -2.47. The van der Waals surface area contributed by atoms with Crippen LogP contribution in [-0.4, -0.2) is 45.0 Å². The van der Waals surface area contributed by atoms with E-state index in [1.807, 2.05) is 12.2 Å². The molecular formula is C17H25N3O6S. The molecule has 0 radical (unpaired) electrons. The fraction of sp³-hybridized carbons (Fsp3) is 0.471. The molecule has 0 aliphatic heterocycles. The number of urea groups is 1. The normalized spacial score (nSPS) is 12.4. The van der Waals surface area contributed by atoms with E-state index in [2.05, 4.69) is 10.0 Å². The molecule has 0 saturated carbocycles. The molecule has 3 N–H and O–H groups in total. The zero-order valence-corrected chi connectivity index (χ0v) is 16.8. The average molecular weight is 399 g/mol. The maximum atomic E-state index is 12.2. The topological polar surface area (TPSA) is 131 Å². The minimum absolute atomic E-state index is 0.0227. The Kier molecular flexibility index (Phi) is 7.92. The van der Waals surface area contributed by atoms with Crippen molar-refractivity contribution >= 4 is 27.9 Å². The highest BCUT2D eigenvalue weighted by Crippen LogP contribution is 2.14. The summed E-state index contributed by atoms with van der Waals surface area (Å²) in [5.41, 5.74) is 1.74. The van der Waals surface area contributed by atoms with Crippen LogP contribution in [0.1, 0.15) is 31.9 Å². The Balaban J connectivity index is 2.57. The lowest BCUT2D eigenvalue weighted by atomic mass is 10.1. The first kappa shape index (κ1) is 22.6. The highest BCUT2D eigenvalue weighted by atomic mass is 32.2. The van der Waals surface area contributed by atoms with Crippen LogP contribution < -0.4 is 15.4 Å². The number of esters is 1.